The molecule has 0 aliphatic heterocycles. The van der Waals surface area contributed by atoms with Crippen molar-refractivity contribution in [3.63, 3.8) is 0 Å². The summed E-state index contributed by atoms with van der Waals surface area (Å²) in [6.45, 7) is 2.21. The van der Waals surface area contributed by atoms with Gasteiger partial charge >= 0.3 is 0 Å². The topological polar surface area (TPSA) is 12.0 Å². The maximum absolute atomic E-state index is 6.20. The van der Waals surface area contributed by atoms with Gasteiger partial charge in [-0.15, -0.1) is 11.3 Å². The number of para-hydroxylation sites is 1. The van der Waals surface area contributed by atoms with Crippen molar-refractivity contribution in [2.45, 2.75) is 38.6 Å². The van der Waals surface area contributed by atoms with Crippen LogP contribution in [0, 0.1) is 0 Å². The third kappa shape index (κ3) is 2.80. The van der Waals surface area contributed by atoms with Gasteiger partial charge in [0.25, 0.3) is 0 Å². The molecule has 1 N–H and O–H groups in total. The summed E-state index contributed by atoms with van der Waals surface area (Å²) in [6, 6.07) is 10.6. The van der Waals surface area contributed by atoms with Gasteiger partial charge in [-0.05, 0) is 56.4 Å². The minimum atomic E-state index is 0.315. The van der Waals surface area contributed by atoms with E-state index in [1.807, 2.05) is 35.6 Å². The van der Waals surface area contributed by atoms with E-state index < -0.39 is 0 Å². The van der Waals surface area contributed by atoms with Crippen molar-refractivity contribution in [2.24, 2.45) is 0 Å². The Bertz CT molecular complexity index is 552. The average Bonchev–Trinajstić information content (AvgIpc) is 2.85. The van der Waals surface area contributed by atoms with Crippen LogP contribution >= 0.6 is 22.9 Å². The number of nitrogens with one attached hydrogen (secondary N) is 1. The van der Waals surface area contributed by atoms with Crippen LogP contribution in [0.2, 0.25) is 5.02 Å². The highest BCUT2D eigenvalue weighted by Gasteiger charge is 2.16. The van der Waals surface area contributed by atoms with Gasteiger partial charge in [0.15, 0.2) is 0 Å². The van der Waals surface area contributed by atoms with E-state index in [0.717, 1.165) is 10.7 Å². The summed E-state index contributed by atoms with van der Waals surface area (Å²) < 4.78 is 0. The Morgan fingerprint density at radius 1 is 1.21 bits per heavy atom. The molecule has 1 heterocycles. The first-order valence-corrected chi connectivity index (χ1v) is 8.06. The third-order valence-electron chi connectivity index (χ3n) is 3.69. The molecule has 2 aromatic rings. The molecular formula is C16H18ClNS. The van der Waals surface area contributed by atoms with Crippen LogP contribution in [-0.4, -0.2) is 0 Å². The number of anilines is 1. The number of fused-ring (bicyclic) bond motifs is 1. The van der Waals surface area contributed by atoms with Gasteiger partial charge in [-0.2, -0.15) is 0 Å². The summed E-state index contributed by atoms with van der Waals surface area (Å²) >= 11 is 8.16. The molecule has 0 bridgehead atoms. The predicted octanol–water partition coefficient (Wildman–Crippen LogP) is 5.45. The number of thiophene rings is 1. The van der Waals surface area contributed by atoms with Crippen molar-refractivity contribution in [3.05, 3.63) is 50.7 Å². The molecular weight excluding hydrogens is 274 g/mol. The molecule has 1 nitrogen and oxygen atoms in total. The fraction of sp³-hybridized carbons (Fsp3) is 0.375. The number of benzene rings is 1. The fourth-order valence-electron chi connectivity index (χ4n) is 2.61. The van der Waals surface area contributed by atoms with Gasteiger partial charge in [0.2, 0.25) is 0 Å². The molecule has 1 aromatic heterocycles. The van der Waals surface area contributed by atoms with E-state index in [0.29, 0.717) is 6.04 Å². The Hall–Kier alpha value is -0.990. The molecule has 1 aliphatic carbocycles. The first-order valence-electron chi connectivity index (χ1n) is 6.86. The Kier molecular flexibility index (Phi) is 3.81. The molecule has 3 heteroatoms. The van der Waals surface area contributed by atoms with Gasteiger partial charge in [-0.25, -0.2) is 0 Å². The predicted molar refractivity (Wildman–Crippen MR) is 84.5 cm³/mol. The van der Waals surface area contributed by atoms with Crippen LogP contribution in [0.15, 0.2) is 30.3 Å². The summed E-state index contributed by atoms with van der Waals surface area (Å²) in [5, 5.41) is 4.30. The lowest BCUT2D eigenvalue weighted by atomic mass is 9.99. The third-order valence-corrected chi connectivity index (χ3v) is 5.44. The molecule has 100 valence electrons. The quantitative estimate of drug-likeness (QED) is 0.792. The highest BCUT2D eigenvalue weighted by Crippen LogP contribution is 2.34. The van der Waals surface area contributed by atoms with Crippen LogP contribution in [0.1, 0.15) is 41.1 Å². The highest BCUT2D eigenvalue weighted by atomic mass is 35.5. The van der Waals surface area contributed by atoms with Crippen molar-refractivity contribution in [1.29, 1.82) is 0 Å². The fourth-order valence-corrected chi connectivity index (χ4v) is 4.06. The number of halogens is 1. The zero-order valence-corrected chi connectivity index (χ0v) is 12.7. The van der Waals surface area contributed by atoms with E-state index in [2.05, 4.69) is 18.3 Å². The van der Waals surface area contributed by atoms with Gasteiger partial charge in [0.05, 0.1) is 16.8 Å². The van der Waals surface area contributed by atoms with Crippen molar-refractivity contribution in [1.82, 2.24) is 0 Å². The van der Waals surface area contributed by atoms with Gasteiger partial charge in [-0.1, -0.05) is 23.7 Å². The van der Waals surface area contributed by atoms with Gasteiger partial charge in [0.1, 0.15) is 0 Å². The number of rotatable bonds is 3. The number of aryl methyl sites for hydroxylation is 2. The molecule has 1 unspecified atom stereocenters. The van der Waals surface area contributed by atoms with E-state index in [9.17, 15) is 0 Å². The molecule has 1 atom stereocenters. The summed E-state index contributed by atoms with van der Waals surface area (Å²) in [5.41, 5.74) is 2.59. The standard InChI is InChI=1S/C16H18ClNS/c1-11(18-14-8-4-3-7-13(14)17)16-10-12-6-2-5-9-15(12)19-16/h3-4,7-8,10-11,18H,2,5-6,9H2,1H3. The van der Waals surface area contributed by atoms with Crippen LogP contribution in [0.5, 0.6) is 0 Å². The second-order valence-corrected chi connectivity index (χ2v) is 6.73. The Balaban J connectivity index is 1.79. The summed E-state index contributed by atoms with van der Waals surface area (Å²) in [7, 11) is 0. The zero-order chi connectivity index (χ0) is 13.2. The summed E-state index contributed by atoms with van der Waals surface area (Å²) in [4.78, 5) is 3.01. The van der Waals surface area contributed by atoms with Crippen molar-refractivity contribution in [3.8, 4) is 0 Å². The summed E-state index contributed by atoms with van der Waals surface area (Å²) in [6.07, 6.45) is 5.21. The van der Waals surface area contributed by atoms with Crippen molar-refractivity contribution >= 4 is 28.6 Å². The van der Waals surface area contributed by atoms with E-state index in [4.69, 9.17) is 11.6 Å². The van der Waals surface area contributed by atoms with Gasteiger partial charge in [0, 0.05) is 9.75 Å². The Morgan fingerprint density at radius 2 is 2.00 bits per heavy atom. The summed E-state index contributed by atoms with van der Waals surface area (Å²) in [5.74, 6) is 0. The minimum Gasteiger partial charge on any atom is -0.377 e. The Morgan fingerprint density at radius 3 is 2.79 bits per heavy atom. The monoisotopic (exact) mass is 291 g/mol. The molecule has 0 spiro atoms. The van der Waals surface area contributed by atoms with Gasteiger partial charge in [-0.3, -0.25) is 0 Å². The smallest absolute Gasteiger partial charge is 0.0637 e. The molecule has 3 rings (SSSR count). The largest absolute Gasteiger partial charge is 0.377 e. The lowest BCUT2D eigenvalue weighted by Crippen LogP contribution is -2.05. The molecule has 19 heavy (non-hydrogen) atoms. The number of hydrogen-bond acceptors (Lipinski definition) is 2. The maximum atomic E-state index is 6.20. The first kappa shape index (κ1) is 13.0. The Labute approximate surface area is 123 Å². The minimum absolute atomic E-state index is 0.315. The highest BCUT2D eigenvalue weighted by molar-refractivity contribution is 7.12. The zero-order valence-electron chi connectivity index (χ0n) is 11.1. The average molecular weight is 292 g/mol. The van der Waals surface area contributed by atoms with E-state index in [1.165, 1.54) is 30.6 Å². The van der Waals surface area contributed by atoms with Gasteiger partial charge < -0.3 is 5.32 Å². The van der Waals surface area contributed by atoms with Crippen molar-refractivity contribution < 1.29 is 0 Å². The van der Waals surface area contributed by atoms with Crippen LogP contribution in [-0.2, 0) is 12.8 Å². The lowest BCUT2D eigenvalue weighted by molar-refractivity contribution is 0.696. The number of hydrogen-bond donors (Lipinski definition) is 1. The molecule has 0 saturated heterocycles. The normalized spacial score (nSPS) is 15.9. The maximum Gasteiger partial charge on any atom is 0.0637 e. The van der Waals surface area contributed by atoms with E-state index >= 15 is 0 Å². The second kappa shape index (κ2) is 5.56. The van der Waals surface area contributed by atoms with Crippen LogP contribution in [0.4, 0.5) is 5.69 Å². The molecule has 1 aromatic carbocycles. The van der Waals surface area contributed by atoms with Crippen LogP contribution < -0.4 is 5.32 Å². The van der Waals surface area contributed by atoms with Crippen LogP contribution in [0.3, 0.4) is 0 Å². The molecule has 0 fully saturated rings. The first-order chi connectivity index (χ1) is 9.24. The molecule has 1 aliphatic rings. The lowest BCUT2D eigenvalue weighted by Gasteiger charge is -2.14. The van der Waals surface area contributed by atoms with E-state index in [-0.39, 0.29) is 0 Å². The van der Waals surface area contributed by atoms with Crippen molar-refractivity contribution in [2.75, 3.05) is 5.32 Å². The van der Waals surface area contributed by atoms with Crippen LogP contribution in [0.25, 0.3) is 0 Å². The second-order valence-electron chi connectivity index (χ2n) is 5.15. The SMILES string of the molecule is CC(Nc1ccccc1Cl)c1cc2c(s1)CCCC2. The molecule has 0 amide bonds. The molecule has 0 radical (unpaired) electrons. The van der Waals surface area contributed by atoms with E-state index in [1.54, 1.807) is 10.4 Å². The molecule has 0 saturated carbocycles.